The largest absolute Gasteiger partial charge is 0.395 e. The number of nitrogens with one attached hydrogen (secondary N) is 1. The summed E-state index contributed by atoms with van der Waals surface area (Å²) in [6.07, 6.45) is 0.705. The Balaban J connectivity index is 2.35. The molecule has 88 valence electrons. The maximum absolute atomic E-state index is 11.2. The molecule has 1 atom stereocenters. The SMILES string of the molecule is NS(=O)(=O)c1ccc2c(c1)CN[C@H](CO)C2. The van der Waals surface area contributed by atoms with E-state index in [1.807, 2.05) is 0 Å². The van der Waals surface area contributed by atoms with Crippen molar-refractivity contribution in [2.24, 2.45) is 5.14 Å². The number of sulfonamides is 1. The van der Waals surface area contributed by atoms with E-state index in [-0.39, 0.29) is 17.5 Å². The molecule has 5 nitrogen and oxygen atoms in total. The van der Waals surface area contributed by atoms with Crippen LogP contribution in [0, 0.1) is 0 Å². The lowest BCUT2D eigenvalue weighted by molar-refractivity contribution is 0.236. The van der Waals surface area contributed by atoms with E-state index in [0.717, 1.165) is 11.1 Å². The number of benzene rings is 1. The highest BCUT2D eigenvalue weighted by Crippen LogP contribution is 2.20. The first-order chi connectivity index (χ1) is 7.50. The third kappa shape index (κ3) is 2.25. The van der Waals surface area contributed by atoms with Crippen LogP contribution in [0.5, 0.6) is 0 Å². The van der Waals surface area contributed by atoms with Gasteiger partial charge in [-0.1, -0.05) is 6.07 Å². The molecule has 0 amide bonds. The maximum atomic E-state index is 11.2. The standard InChI is InChI=1S/C10H14N2O3S/c11-16(14,15)10-2-1-7-3-9(6-13)12-5-8(7)4-10/h1-2,4,9,12-13H,3,5-6H2,(H2,11,14,15)/t9-/m0/s1. The molecule has 0 radical (unpaired) electrons. The number of aliphatic hydroxyl groups is 1. The fourth-order valence-corrected chi connectivity index (χ4v) is 2.43. The number of rotatable bonds is 2. The van der Waals surface area contributed by atoms with Gasteiger partial charge < -0.3 is 10.4 Å². The quantitative estimate of drug-likeness (QED) is 0.642. The van der Waals surface area contributed by atoms with E-state index in [1.165, 1.54) is 6.07 Å². The Hall–Kier alpha value is -0.950. The lowest BCUT2D eigenvalue weighted by Gasteiger charge is -2.24. The molecule has 0 aromatic heterocycles. The van der Waals surface area contributed by atoms with Crippen molar-refractivity contribution < 1.29 is 13.5 Å². The second-order valence-electron chi connectivity index (χ2n) is 3.94. The Bertz CT molecular complexity index is 499. The molecule has 1 aliphatic heterocycles. The van der Waals surface area contributed by atoms with E-state index in [2.05, 4.69) is 5.32 Å². The van der Waals surface area contributed by atoms with Gasteiger partial charge >= 0.3 is 0 Å². The molecular formula is C10H14N2O3S. The number of primary sulfonamides is 1. The van der Waals surface area contributed by atoms with Gasteiger partial charge in [0.15, 0.2) is 0 Å². The summed E-state index contributed by atoms with van der Waals surface area (Å²) in [6.45, 7) is 0.639. The summed E-state index contributed by atoms with van der Waals surface area (Å²) >= 11 is 0. The van der Waals surface area contributed by atoms with Crippen LogP contribution in [0.4, 0.5) is 0 Å². The van der Waals surface area contributed by atoms with Gasteiger partial charge in [-0.3, -0.25) is 0 Å². The van der Waals surface area contributed by atoms with E-state index in [1.54, 1.807) is 12.1 Å². The predicted molar refractivity (Wildman–Crippen MR) is 59.2 cm³/mol. The zero-order valence-electron chi connectivity index (χ0n) is 8.68. The maximum Gasteiger partial charge on any atom is 0.238 e. The van der Waals surface area contributed by atoms with Crippen LogP contribution in [0.2, 0.25) is 0 Å². The summed E-state index contributed by atoms with van der Waals surface area (Å²) in [4.78, 5) is 0.135. The molecular weight excluding hydrogens is 228 g/mol. The predicted octanol–water partition coefficient (Wildman–Crippen LogP) is -0.659. The fraction of sp³-hybridized carbons (Fsp3) is 0.400. The molecule has 0 bridgehead atoms. The number of nitrogens with two attached hydrogens (primary N) is 1. The third-order valence-electron chi connectivity index (χ3n) is 2.77. The van der Waals surface area contributed by atoms with Crippen LogP contribution in [-0.2, 0) is 23.0 Å². The van der Waals surface area contributed by atoms with Gasteiger partial charge in [-0.05, 0) is 29.7 Å². The Morgan fingerprint density at radius 3 is 2.81 bits per heavy atom. The molecule has 0 fully saturated rings. The number of fused-ring (bicyclic) bond motifs is 1. The Labute approximate surface area is 94.3 Å². The van der Waals surface area contributed by atoms with Gasteiger partial charge in [-0.15, -0.1) is 0 Å². The van der Waals surface area contributed by atoms with Gasteiger partial charge in [-0.25, -0.2) is 13.6 Å². The van der Waals surface area contributed by atoms with Crippen LogP contribution >= 0.6 is 0 Å². The molecule has 0 unspecified atom stereocenters. The molecule has 1 heterocycles. The summed E-state index contributed by atoms with van der Waals surface area (Å²) in [5.74, 6) is 0. The van der Waals surface area contributed by atoms with Crippen molar-refractivity contribution in [3.8, 4) is 0 Å². The van der Waals surface area contributed by atoms with Crippen molar-refractivity contribution in [1.82, 2.24) is 5.32 Å². The van der Waals surface area contributed by atoms with Crippen molar-refractivity contribution >= 4 is 10.0 Å². The first-order valence-electron chi connectivity index (χ1n) is 4.99. The normalized spacial score (nSPS) is 20.5. The molecule has 1 aromatic rings. The number of hydrogen-bond acceptors (Lipinski definition) is 4. The third-order valence-corrected chi connectivity index (χ3v) is 3.69. The smallest absolute Gasteiger partial charge is 0.238 e. The van der Waals surface area contributed by atoms with Gasteiger partial charge in [0.25, 0.3) is 0 Å². The van der Waals surface area contributed by atoms with Crippen LogP contribution in [-0.4, -0.2) is 26.2 Å². The van der Waals surface area contributed by atoms with Gasteiger partial charge in [0.1, 0.15) is 0 Å². The van der Waals surface area contributed by atoms with E-state index in [0.29, 0.717) is 13.0 Å². The van der Waals surface area contributed by atoms with Crippen LogP contribution in [0.3, 0.4) is 0 Å². The summed E-state index contributed by atoms with van der Waals surface area (Å²) in [5.41, 5.74) is 1.99. The van der Waals surface area contributed by atoms with Crippen molar-refractivity contribution in [3.05, 3.63) is 29.3 Å². The Morgan fingerprint density at radius 1 is 1.44 bits per heavy atom. The van der Waals surface area contributed by atoms with Gasteiger partial charge in [0.05, 0.1) is 11.5 Å². The minimum atomic E-state index is -3.63. The van der Waals surface area contributed by atoms with Crippen molar-refractivity contribution in [2.75, 3.05) is 6.61 Å². The van der Waals surface area contributed by atoms with Gasteiger partial charge in [-0.2, -0.15) is 0 Å². The fourth-order valence-electron chi connectivity index (χ4n) is 1.86. The van der Waals surface area contributed by atoms with E-state index in [9.17, 15) is 8.42 Å². The van der Waals surface area contributed by atoms with E-state index >= 15 is 0 Å². The minimum Gasteiger partial charge on any atom is -0.395 e. The molecule has 4 N–H and O–H groups in total. The topological polar surface area (TPSA) is 92.4 Å². The van der Waals surface area contributed by atoms with Gasteiger partial charge in [0.2, 0.25) is 10.0 Å². The summed E-state index contributed by atoms with van der Waals surface area (Å²) in [6, 6.07) is 4.91. The molecule has 0 saturated carbocycles. The van der Waals surface area contributed by atoms with Crippen molar-refractivity contribution in [1.29, 1.82) is 0 Å². The highest BCUT2D eigenvalue weighted by molar-refractivity contribution is 7.89. The van der Waals surface area contributed by atoms with E-state index in [4.69, 9.17) is 10.2 Å². The molecule has 16 heavy (non-hydrogen) atoms. The highest BCUT2D eigenvalue weighted by Gasteiger charge is 2.19. The first kappa shape index (κ1) is 11.5. The van der Waals surface area contributed by atoms with Gasteiger partial charge in [0, 0.05) is 12.6 Å². The summed E-state index contributed by atoms with van der Waals surface area (Å²) < 4.78 is 22.3. The minimum absolute atomic E-state index is 0.0489. The van der Waals surface area contributed by atoms with Crippen LogP contribution < -0.4 is 10.5 Å². The molecule has 0 spiro atoms. The monoisotopic (exact) mass is 242 g/mol. The molecule has 6 heteroatoms. The molecule has 2 rings (SSSR count). The molecule has 1 aromatic carbocycles. The Kier molecular flexibility index (Phi) is 2.98. The lowest BCUT2D eigenvalue weighted by atomic mass is 9.96. The van der Waals surface area contributed by atoms with Crippen LogP contribution in [0.1, 0.15) is 11.1 Å². The van der Waals surface area contributed by atoms with Crippen molar-refractivity contribution in [2.45, 2.75) is 23.9 Å². The average molecular weight is 242 g/mol. The molecule has 0 aliphatic carbocycles. The van der Waals surface area contributed by atoms with E-state index < -0.39 is 10.0 Å². The Morgan fingerprint density at radius 2 is 2.19 bits per heavy atom. The lowest BCUT2D eigenvalue weighted by Crippen LogP contribution is -2.38. The highest BCUT2D eigenvalue weighted by atomic mass is 32.2. The second-order valence-corrected chi connectivity index (χ2v) is 5.50. The summed E-state index contributed by atoms with van der Waals surface area (Å²) in [7, 11) is -3.63. The zero-order valence-corrected chi connectivity index (χ0v) is 9.50. The second kappa shape index (κ2) is 4.14. The molecule has 1 aliphatic rings. The first-order valence-corrected chi connectivity index (χ1v) is 6.54. The average Bonchev–Trinajstić information content (AvgIpc) is 2.26. The van der Waals surface area contributed by atoms with Crippen molar-refractivity contribution in [3.63, 3.8) is 0 Å². The number of aliphatic hydroxyl groups excluding tert-OH is 1. The summed E-state index contributed by atoms with van der Waals surface area (Å²) in [5, 5.41) is 17.2. The van der Waals surface area contributed by atoms with Crippen LogP contribution in [0.25, 0.3) is 0 Å². The zero-order chi connectivity index (χ0) is 11.8. The molecule has 0 saturated heterocycles. The van der Waals surface area contributed by atoms with Crippen LogP contribution in [0.15, 0.2) is 23.1 Å². The number of hydrogen-bond donors (Lipinski definition) is 3.